The molecular formula is C19H18ClN6NaO8S2. The quantitative estimate of drug-likeness (QED) is 0.0631. The Morgan fingerprint density at radius 2 is 1.95 bits per heavy atom. The minimum atomic E-state index is -5.22. The van der Waals surface area contributed by atoms with Crippen molar-refractivity contribution in [2.45, 2.75) is 12.1 Å². The molecule has 0 saturated carbocycles. The van der Waals surface area contributed by atoms with Crippen LogP contribution in [0, 0.1) is 0 Å². The fourth-order valence-electron chi connectivity index (χ4n) is 3.14. The van der Waals surface area contributed by atoms with Crippen molar-refractivity contribution < 1.29 is 66.5 Å². The molecule has 1 fully saturated rings. The molecule has 1 aromatic carbocycles. The van der Waals surface area contributed by atoms with Crippen LogP contribution in [0.5, 0.6) is 0 Å². The molecule has 14 nitrogen and oxygen atoms in total. The SMILES string of the molecule is CO/N=C(\C(=O)N[C@H]1C(=O)N(S(=O)(=O)[O-])[C@H]1CNC(=O)c1ccccc1)c1csc(NC(=O)CCl)n1.[Na+]. The van der Waals surface area contributed by atoms with E-state index in [9.17, 15) is 32.1 Å². The maximum atomic E-state index is 12.9. The molecule has 0 radical (unpaired) electrons. The van der Waals surface area contributed by atoms with Gasteiger partial charge in [-0.1, -0.05) is 23.4 Å². The molecule has 0 bridgehead atoms. The van der Waals surface area contributed by atoms with Gasteiger partial charge in [0.15, 0.2) is 21.1 Å². The average Bonchev–Trinajstić information content (AvgIpc) is 3.30. The summed E-state index contributed by atoms with van der Waals surface area (Å²) in [6.07, 6.45) is 0. The van der Waals surface area contributed by atoms with E-state index in [0.717, 1.165) is 18.4 Å². The van der Waals surface area contributed by atoms with Gasteiger partial charge in [-0.25, -0.2) is 17.7 Å². The number of thiazole rings is 1. The van der Waals surface area contributed by atoms with Crippen molar-refractivity contribution >= 4 is 67.7 Å². The van der Waals surface area contributed by atoms with Gasteiger partial charge in [0.1, 0.15) is 24.7 Å². The number of oxime groups is 1. The zero-order valence-electron chi connectivity index (χ0n) is 19.3. The molecule has 0 spiro atoms. The van der Waals surface area contributed by atoms with E-state index in [1.165, 1.54) is 17.5 Å². The number of aromatic nitrogens is 1. The monoisotopic (exact) mass is 580 g/mol. The summed E-state index contributed by atoms with van der Waals surface area (Å²) in [4.78, 5) is 57.8. The van der Waals surface area contributed by atoms with Gasteiger partial charge in [0.25, 0.3) is 17.7 Å². The molecule has 3 rings (SSSR count). The Morgan fingerprint density at radius 1 is 1.27 bits per heavy atom. The van der Waals surface area contributed by atoms with Crippen molar-refractivity contribution in [3.05, 3.63) is 47.0 Å². The first-order valence-electron chi connectivity index (χ1n) is 9.93. The summed E-state index contributed by atoms with van der Waals surface area (Å²) in [5.41, 5.74) is -0.169. The standard InChI is InChI=1S/C19H19ClN6O8S2.Na/c1-34-25-14(11-9-35-19(22-11)23-13(27)7-20)17(29)24-15-12(26(18(15)30)36(31,32)33)8-21-16(28)10-5-3-2-4-6-10;/h2-6,9,12,15H,7-8H2,1H3,(H,21,28)(H,24,29)(H,22,23,27)(H,31,32,33);/q;+1/p-1/b25-14-;/t12-,15+;/m0./s1. The van der Waals surface area contributed by atoms with Crippen molar-refractivity contribution in [2.24, 2.45) is 5.16 Å². The number of carbonyl (C=O) groups is 4. The molecule has 37 heavy (non-hydrogen) atoms. The van der Waals surface area contributed by atoms with Gasteiger partial charge in [-0.3, -0.25) is 19.2 Å². The first kappa shape index (κ1) is 30.6. The number of β-lactam (4-membered cyclic amide) rings is 1. The van der Waals surface area contributed by atoms with E-state index in [-0.39, 0.29) is 56.1 Å². The van der Waals surface area contributed by atoms with E-state index in [1.54, 1.807) is 18.2 Å². The Morgan fingerprint density at radius 3 is 2.54 bits per heavy atom. The molecule has 18 heteroatoms. The van der Waals surface area contributed by atoms with Crippen molar-refractivity contribution in [1.29, 1.82) is 0 Å². The molecule has 1 aromatic heterocycles. The van der Waals surface area contributed by atoms with Crippen molar-refractivity contribution in [3.63, 3.8) is 0 Å². The molecule has 1 aliphatic rings. The summed E-state index contributed by atoms with van der Waals surface area (Å²) in [6, 6.07) is 5.06. The first-order chi connectivity index (χ1) is 17.1. The molecular weight excluding hydrogens is 563 g/mol. The van der Waals surface area contributed by atoms with Gasteiger partial charge in [0.2, 0.25) is 5.91 Å². The molecule has 0 aliphatic carbocycles. The Kier molecular flexibility index (Phi) is 11.0. The van der Waals surface area contributed by atoms with E-state index in [0.29, 0.717) is 0 Å². The molecule has 1 aliphatic heterocycles. The Labute approximate surface area is 241 Å². The maximum Gasteiger partial charge on any atom is 1.00 e. The predicted molar refractivity (Wildman–Crippen MR) is 126 cm³/mol. The van der Waals surface area contributed by atoms with Crippen molar-refractivity contribution in [3.8, 4) is 0 Å². The van der Waals surface area contributed by atoms with Crippen LogP contribution >= 0.6 is 22.9 Å². The van der Waals surface area contributed by atoms with E-state index < -0.39 is 58.3 Å². The van der Waals surface area contributed by atoms with Gasteiger partial charge in [-0.05, 0) is 12.1 Å². The predicted octanol–water partition coefficient (Wildman–Crippen LogP) is -3.74. The largest absolute Gasteiger partial charge is 1.00 e. The molecule has 192 valence electrons. The molecule has 2 atom stereocenters. The number of benzene rings is 1. The van der Waals surface area contributed by atoms with Crippen LogP contribution in [0.1, 0.15) is 16.1 Å². The van der Waals surface area contributed by atoms with Crippen molar-refractivity contribution in [2.75, 3.05) is 24.9 Å². The minimum Gasteiger partial charge on any atom is -0.731 e. The summed E-state index contributed by atoms with van der Waals surface area (Å²) in [7, 11) is -4.07. The zero-order valence-corrected chi connectivity index (χ0v) is 23.7. The Bertz CT molecular complexity index is 1310. The van der Waals surface area contributed by atoms with Gasteiger partial charge in [0.05, 0.1) is 6.04 Å². The van der Waals surface area contributed by atoms with Crippen LogP contribution < -0.4 is 45.5 Å². The molecule has 3 N–H and O–H groups in total. The number of amides is 4. The van der Waals surface area contributed by atoms with Gasteiger partial charge in [-0.2, -0.15) is 0 Å². The summed E-state index contributed by atoms with van der Waals surface area (Å²) in [5.74, 6) is -3.62. The van der Waals surface area contributed by atoms with Gasteiger partial charge < -0.3 is 25.3 Å². The van der Waals surface area contributed by atoms with Crippen LogP contribution in [0.3, 0.4) is 0 Å². The molecule has 2 aromatic rings. The number of halogens is 1. The third-order valence-corrected chi connectivity index (χ3v) is 6.65. The topological polar surface area (TPSA) is 199 Å². The second-order valence-corrected chi connectivity index (χ2v) is 9.40. The molecule has 4 amide bonds. The maximum absolute atomic E-state index is 12.9. The summed E-state index contributed by atoms with van der Waals surface area (Å²) >= 11 is 6.39. The fraction of sp³-hybridized carbons (Fsp3) is 0.263. The number of nitrogens with one attached hydrogen (secondary N) is 3. The third-order valence-electron chi connectivity index (χ3n) is 4.72. The van der Waals surface area contributed by atoms with Crippen LogP contribution in [-0.2, 0) is 29.5 Å². The number of hydrogen-bond donors (Lipinski definition) is 3. The summed E-state index contributed by atoms with van der Waals surface area (Å²) < 4.78 is 34.8. The number of alkyl halides is 1. The normalized spacial score (nSPS) is 17.2. The molecule has 0 unspecified atom stereocenters. The zero-order chi connectivity index (χ0) is 26.5. The van der Waals surface area contributed by atoms with Gasteiger partial charge >= 0.3 is 29.6 Å². The van der Waals surface area contributed by atoms with E-state index in [1.807, 2.05) is 0 Å². The number of hydrogen-bond acceptors (Lipinski definition) is 11. The summed E-state index contributed by atoms with van der Waals surface area (Å²) in [5, 5.41) is 12.2. The summed E-state index contributed by atoms with van der Waals surface area (Å²) in [6.45, 7) is -0.450. The van der Waals surface area contributed by atoms with Crippen LogP contribution in [-0.4, -0.2) is 83.2 Å². The minimum absolute atomic E-state index is 0. The fourth-order valence-corrected chi connectivity index (χ4v) is 4.78. The average molecular weight is 581 g/mol. The van der Waals surface area contributed by atoms with Crippen LogP contribution in [0.25, 0.3) is 0 Å². The molecule has 1 saturated heterocycles. The Balaban J connectivity index is 0.00000481. The van der Waals surface area contributed by atoms with Gasteiger partial charge in [-0.15, -0.1) is 22.9 Å². The second kappa shape index (κ2) is 13.3. The number of anilines is 1. The van der Waals surface area contributed by atoms with Crippen molar-refractivity contribution in [1.82, 2.24) is 19.9 Å². The van der Waals surface area contributed by atoms with Gasteiger partial charge in [0, 0.05) is 17.5 Å². The number of nitrogens with zero attached hydrogens (tertiary/aromatic N) is 3. The molecule has 2 heterocycles. The first-order valence-corrected chi connectivity index (χ1v) is 12.7. The van der Waals surface area contributed by atoms with E-state index in [2.05, 4.69) is 30.9 Å². The van der Waals surface area contributed by atoms with E-state index >= 15 is 0 Å². The van der Waals surface area contributed by atoms with E-state index in [4.69, 9.17) is 11.6 Å². The van der Waals surface area contributed by atoms with Crippen LogP contribution in [0.2, 0.25) is 0 Å². The smallest absolute Gasteiger partial charge is 0.731 e. The number of carbonyl (C=O) groups excluding carboxylic acids is 4. The van der Waals surface area contributed by atoms with Crippen LogP contribution in [0.4, 0.5) is 5.13 Å². The Hall–Kier alpha value is -2.60. The second-order valence-electron chi connectivity index (χ2n) is 7.03. The van der Waals surface area contributed by atoms with Crippen LogP contribution in [0.15, 0.2) is 40.9 Å². The number of rotatable bonds is 10. The third kappa shape index (κ3) is 7.47.